The van der Waals surface area contributed by atoms with Gasteiger partial charge in [-0.3, -0.25) is 0 Å². The summed E-state index contributed by atoms with van der Waals surface area (Å²) in [6.07, 6.45) is 0. The molecule has 0 unspecified atom stereocenters. The van der Waals surface area contributed by atoms with Gasteiger partial charge < -0.3 is 0 Å². The van der Waals surface area contributed by atoms with Crippen molar-refractivity contribution in [2.45, 2.75) is 27.7 Å². The van der Waals surface area contributed by atoms with Crippen LogP contribution in [0.2, 0.25) is 0 Å². The van der Waals surface area contributed by atoms with Crippen molar-refractivity contribution in [3.05, 3.63) is 52.7 Å². The normalized spacial score (nSPS) is 10.6. The lowest BCUT2D eigenvalue weighted by Gasteiger charge is -2.09. The lowest BCUT2D eigenvalue weighted by atomic mass is 9.97. The Morgan fingerprint density at radius 3 is 2.35 bits per heavy atom. The van der Waals surface area contributed by atoms with Gasteiger partial charge in [0.25, 0.3) is 0 Å². The number of benzene rings is 1. The molecule has 2 rings (SSSR count). The zero-order chi connectivity index (χ0) is 12.6. The third-order valence-electron chi connectivity index (χ3n) is 3.57. The zero-order valence-corrected chi connectivity index (χ0v) is 11.3. The van der Waals surface area contributed by atoms with Gasteiger partial charge in [0.15, 0.2) is 5.69 Å². The van der Waals surface area contributed by atoms with Gasteiger partial charge in [-0.2, -0.15) is 4.57 Å². The van der Waals surface area contributed by atoms with Gasteiger partial charge >= 0.3 is 0 Å². The van der Waals surface area contributed by atoms with Crippen molar-refractivity contribution in [1.82, 2.24) is 0 Å². The summed E-state index contributed by atoms with van der Waals surface area (Å²) in [5.41, 5.74) is 7.96. The van der Waals surface area contributed by atoms with E-state index in [0.29, 0.717) is 0 Å². The average molecular weight is 226 g/mol. The molecule has 0 saturated carbocycles. The number of hydrogen-bond acceptors (Lipinski definition) is 0. The fourth-order valence-corrected chi connectivity index (χ4v) is 2.27. The van der Waals surface area contributed by atoms with E-state index < -0.39 is 0 Å². The van der Waals surface area contributed by atoms with E-state index in [1.54, 1.807) is 0 Å². The van der Waals surface area contributed by atoms with Crippen molar-refractivity contribution in [2.24, 2.45) is 7.05 Å². The molecule has 17 heavy (non-hydrogen) atoms. The maximum Gasteiger partial charge on any atom is 0.212 e. The Bertz CT molecular complexity index is 568. The number of nitrogens with zero attached hydrogens (tertiary/aromatic N) is 1. The lowest BCUT2D eigenvalue weighted by Crippen LogP contribution is -2.34. The van der Waals surface area contributed by atoms with Crippen molar-refractivity contribution in [3.8, 4) is 11.3 Å². The van der Waals surface area contributed by atoms with Gasteiger partial charge in [0.1, 0.15) is 7.05 Å². The van der Waals surface area contributed by atoms with Crippen LogP contribution in [0.4, 0.5) is 0 Å². The van der Waals surface area contributed by atoms with Crippen LogP contribution >= 0.6 is 0 Å². The Kier molecular flexibility index (Phi) is 3.01. The maximum atomic E-state index is 2.27. The molecule has 1 heterocycles. The molecule has 1 nitrogen and oxygen atoms in total. The number of hydrogen-bond donors (Lipinski definition) is 0. The van der Waals surface area contributed by atoms with E-state index in [1.807, 2.05) is 0 Å². The van der Waals surface area contributed by atoms with Crippen LogP contribution in [0, 0.1) is 27.7 Å². The average Bonchev–Trinajstić information content (AvgIpc) is 2.27. The minimum absolute atomic E-state index is 1.28. The second-order valence-electron chi connectivity index (χ2n) is 4.87. The Morgan fingerprint density at radius 2 is 1.65 bits per heavy atom. The molecule has 1 aromatic heterocycles. The molecule has 0 saturated heterocycles. The van der Waals surface area contributed by atoms with Crippen LogP contribution in [0.25, 0.3) is 11.3 Å². The molecule has 0 fully saturated rings. The zero-order valence-electron chi connectivity index (χ0n) is 11.3. The summed E-state index contributed by atoms with van der Waals surface area (Å²) in [7, 11) is 2.13. The second kappa shape index (κ2) is 4.33. The van der Waals surface area contributed by atoms with Gasteiger partial charge in [0.2, 0.25) is 5.69 Å². The van der Waals surface area contributed by atoms with Gasteiger partial charge in [-0.1, -0.05) is 11.6 Å². The van der Waals surface area contributed by atoms with E-state index in [1.165, 1.54) is 33.6 Å². The second-order valence-corrected chi connectivity index (χ2v) is 4.87. The van der Waals surface area contributed by atoms with Crippen molar-refractivity contribution >= 4 is 0 Å². The van der Waals surface area contributed by atoms with Crippen molar-refractivity contribution in [1.29, 1.82) is 0 Å². The summed E-state index contributed by atoms with van der Waals surface area (Å²) in [5, 5.41) is 0. The molecule has 0 aliphatic carbocycles. The van der Waals surface area contributed by atoms with Crippen LogP contribution in [0.5, 0.6) is 0 Å². The molecule has 0 spiro atoms. The Morgan fingerprint density at radius 1 is 0.941 bits per heavy atom. The maximum absolute atomic E-state index is 2.27. The minimum Gasteiger partial charge on any atom is -0.199 e. The predicted molar refractivity (Wildman–Crippen MR) is 72.0 cm³/mol. The molecule has 0 radical (unpaired) electrons. The van der Waals surface area contributed by atoms with Crippen molar-refractivity contribution in [2.75, 3.05) is 0 Å². The smallest absolute Gasteiger partial charge is 0.199 e. The van der Waals surface area contributed by atoms with Crippen LogP contribution in [0.3, 0.4) is 0 Å². The fourth-order valence-electron chi connectivity index (χ4n) is 2.27. The summed E-state index contributed by atoms with van der Waals surface area (Å²) in [5.74, 6) is 0. The number of aryl methyl sites for hydroxylation is 3. The molecule has 0 aliphatic rings. The summed E-state index contributed by atoms with van der Waals surface area (Å²) >= 11 is 0. The highest BCUT2D eigenvalue weighted by Gasteiger charge is 2.15. The molecule has 88 valence electrons. The first-order chi connectivity index (χ1) is 8.00. The molecule has 1 heteroatoms. The van der Waals surface area contributed by atoms with E-state index >= 15 is 0 Å². The minimum atomic E-state index is 1.28. The quantitative estimate of drug-likeness (QED) is 0.656. The monoisotopic (exact) mass is 226 g/mol. The summed E-state index contributed by atoms with van der Waals surface area (Å²) in [6, 6.07) is 11.0. The first-order valence-electron chi connectivity index (χ1n) is 6.04. The lowest BCUT2D eigenvalue weighted by molar-refractivity contribution is -0.666. The van der Waals surface area contributed by atoms with Crippen molar-refractivity contribution < 1.29 is 4.57 Å². The Labute approximate surface area is 104 Å². The molecule has 0 N–H and O–H groups in total. The van der Waals surface area contributed by atoms with E-state index in [0.717, 1.165) is 0 Å². The summed E-state index contributed by atoms with van der Waals surface area (Å²) < 4.78 is 2.25. The molecule has 0 bridgehead atoms. The Hall–Kier alpha value is -1.63. The molecule has 0 aliphatic heterocycles. The molecule has 1 aromatic carbocycles. The van der Waals surface area contributed by atoms with E-state index in [-0.39, 0.29) is 0 Å². The van der Waals surface area contributed by atoms with Gasteiger partial charge in [0, 0.05) is 24.6 Å². The number of rotatable bonds is 1. The standard InChI is InChI=1S/C16H20N/c1-11-9-12(2)14(4)15(10-11)16-8-6-7-13(3)17(16)5/h6-10H,1-5H3/q+1. The van der Waals surface area contributed by atoms with Crippen LogP contribution < -0.4 is 4.57 Å². The predicted octanol–water partition coefficient (Wildman–Crippen LogP) is 3.41. The van der Waals surface area contributed by atoms with E-state index in [9.17, 15) is 0 Å². The summed E-state index contributed by atoms with van der Waals surface area (Å²) in [4.78, 5) is 0. The molecule has 2 aromatic rings. The summed E-state index contributed by atoms with van der Waals surface area (Å²) in [6.45, 7) is 8.68. The third kappa shape index (κ3) is 2.10. The first kappa shape index (κ1) is 11.8. The van der Waals surface area contributed by atoms with E-state index in [2.05, 4.69) is 69.6 Å². The molecular weight excluding hydrogens is 206 g/mol. The highest BCUT2D eigenvalue weighted by atomic mass is 14.9. The van der Waals surface area contributed by atoms with Crippen LogP contribution in [-0.4, -0.2) is 0 Å². The van der Waals surface area contributed by atoms with Crippen molar-refractivity contribution in [3.63, 3.8) is 0 Å². The van der Waals surface area contributed by atoms with Crippen LogP contribution in [-0.2, 0) is 7.05 Å². The van der Waals surface area contributed by atoms with Gasteiger partial charge in [-0.25, -0.2) is 0 Å². The topological polar surface area (TPSA) is 3.88 Å². The fraction of sp³-hybridized carbons (Fsp3) is 0.312. The highest BCUT2D eigenvalue weighted by molar-refractivity contribution is 5.63. The molecular formula is C16H20N+. The van der Waals surface area contributed by atoms with Gasteiger partial charge in [-0.05, 0) is 44.0 Å². The van der Waals surface area contributed by atoms with Gasteiger partial charge in [0.05, 0.1) is 0 Å². The van der Waals surface area contributed by atoms with Crippen LogP contribution in [0.15, 0.2) is 30.3 Å². The number of pyridine rings is 1. The Balaban J connectivity index is 2.73. The van der Waals surface area contributed by atoms with Crippen LogP contribution in [0.1, 0.15) is 22.4 Å². The SMILES string of the molecule is Cc1cc(C)c(C)c(-c2cccc(C)[n+]2C)c1. The highest BCUT2D eigenvalue weighted by Crippen LogP contribution is 2.24. The largest absolute Gasteiger partial charge is 0.212 e. The van der Waals surface area contributed by atoms with Gasteiger partial charge in [-0.15, -0.1) is 0 Å². The van der Waals surface area contributed by atoms with E-state index in [4.69, 9.17) is 0 Å². The molecule has 0 atom stereocenters. The first-order valence-corrected chi connectivity index (χ1v) is 6.04. The number of aromatic nitrogens is 1. The third-order valence-corrected chi connectivity index (χ3v) is 3.57. The molecule has 0 amide bonds.